The molecule has 0 unspecified atom stereocenters. The van der Waals surface area contributed by atoms with Gasteiger partial charge in [0, 0.05) is 17.8 Å². The molecule has 4 nitrogen and oxygen atoms in total. The monoisotopic (exact) mass is 312 g/mol. The number of hydrogen-bond donors (Lipinski definition) is 2. The Bertz CT molecular complexity index is 614. The van der Waals surface area contributed by atoms with E-state index < -0.39 is 0 Å². The van der Waals surface area contributed by atoms with Crippen molar-refractivity contribution in [2.45, 2.75) is 13.5 Å². The molecule has 1 aromatic carbocycles. The third-order valence-electron chi connectivity index (χ3n) is 2.58. The van der Waals surface area contributed by atoms with Crippen LogP contribution in [0, 0.1) is 5.82 Å². The fourth-order valence-corrected chi connectivity index (χ4v) is 2.16. The summed E-state index contributed by atoms with van der Waals surface area (Å²) in [6, 6.07) is 4.32. The fraction of sp³-hybridized carbons (Fsp3) is 0.231. The molecule has 0 aliphatic carbocycles. The number of rotatable bonds is 4. The molecule has 0 atom stereocenters. The summed E-state index contributed by atoms with van der Waals surface area (Å²) >= 11 is 11.1. The highest BCUT2D eigenvalue weighted by Crippen LogP contribution is 2.18. The maximum absolute atomic E-state index is 13.0. The molecule has 0 aliphatic rings. The number of anilines is 1. The minimum Gasteiger partial charge on any atom is -0.363 e. The van der Waals surface area contributed by atoms with Crippen molar-refractivity contribution < 1.29 is 4.39 Å². The third kappa shape index (κ3) is 3.91. The van der Waals surface area contributed by atoms with E-state index in [-0.39, 0.29) is 5.82 Å². The van der Waals surface area contributed by atoms with E-state index >= 15 is 0 Å². The van der Waals surface area contributed by atoms with Crippen LogP contribution in [-0.2, 0) is 6.54 Å². The van der Waals surface area contributed by atoms with Crippen molar-refractivity contribution in [2.75, 3.05) is 11.9 Å². The molecule has 0 aliphatic heterocycles. The highest BCUT2D eigenvalue weighted by Gasteiger charge is 2.05. The van der Waals surface area contributed by atoms with E-state index in [0.717, 1.165) is 17.8 Å². The van der Waals surface area contributed by atoms with Gasteiger partial charge in [0.1, 0.15) is 5.82 Å². The Morgan fingerprint density at radius 1 is 1.50 bits per heavy atom. The van der Waals surface area contributed by atoms with Gasteiger partial charge in [0.25, 0.3) is 0 Å². The van der Waals surface area contributed by atoms with Crippen molar-refractivity contribution in [3.63, 3.8) is 0 Å². The van der Waals surface area contributed by atoms with E-state index in [4.69, 9.17) is 23.8 Å². The number of halogens is 2. The molecule has 0 bridgehead atoms. The van der Waals surface area contributed by atoms with Crippen molar-refractivity contribution >= 4 is 34.6 Å². The van der Waals surface area contributed by atoms with E-state index in [1.54, 1.807) is 16.9 Å². The summed E-state index contributed by atoms with van der Waals surface area (Å²) in [6.07, 6.45) is 3.48. The molecule has 20 heavy (non-hydrogen) atoms. The highest BCUT2D eigenvalue weighted by atomic mass is 35.5. The van der Waals surface area contributed by atoms with Crippen LogP contribution in [0.25, 0.3) is 0 Å². The number of nitrogens with one attached hydrogen (secondary N) is 2. The summed E-state index contributed by atoms with van der Waals surface area (Å²) in [5.41, 5.74) is 1.59. The molecule has 2 aromatic rings. The van der Waals surface area contributed by atoms with Gasteiger partial charge in [-0.15, -0.1) is 0 Å². The van der Waals surface area contributed by atoms with Crippen molar-refractivity contribution in [1.29, 1.82) is 0 Å². The van der Waals surface area contributed by atoms with E-state index in [1.165, 1.54) is 12.1 Å². The summed E-state index contributed by atoms with van der Waals surface area (Å²) in [4.78, 5) is 0. The minimum atomic E-state index is -0.349. The van der Waals surface area contributed by atoms with Crippen LogP contribution in [0.15, 0.2) is 30.6 Å². The van der Waals surface area contributed by atoms with Crippen LogP contribution in [0.1, 0.15) is 12.5 Å². The van der Waals surface area contributed by atoms with Crippen molar-refractivity contribution in [2.24, 2.45) is 0 Å². The number of hydrogen-bond acceptors (Lipinski definition) is 2. The maximum Gasteiger partial charge on any atom is 0.170 e. The molecule has 0 saturated carbocycles. The van der Waals surface area contributed by atoms with Gasteiger partial charge >= 0.3 is 0 Å². The standard InChI is InChI=1S/C13H14ClFN4S/c1-2-16-13(20)18-11-6-17-19(8-11)7-9-3-4-10(15)5-12(9)14/h3-6,8H,2,7H2,1H3,(H2,16,18,20). The van der Waals surface area contributed by atoms with Crippen molar-refractivity contribution in [3.8, 4) is 0 Å². The quantitative estimate of drug-likeness (QED) is 0.852. The van der Waals surface area contributed by atoms with Gasteiger partial charge in [0.2, 0.25) is 0 Å². The van der Waals surface area contributed by atoms with E-state index in [1.807, 2.05) is 13.1 Å². The van der Waals surface area contributed by atoms with Gasteiger partial charge in [-0.3, -0.25) is 4.68 Å². The molecule has 0 radical (unpaired) electrons. The van der Waals surface area contributed by atoms with Crippen molar-refractivity contribution in [1.82, 2.24) is 15.1 Å². The molecule has 2 rings (SSSR count). The molecule has 2 N–H and O–H groups in total. The highest BCUT2D eigenvalue weighted by molar-refractivity contribution is 7.80. The zero-order valence-electron chi connectivity index (χ0n) is 10.9. The van der Waals surface area contributed by atoms with Gasteiger partial charge < -0.3 is 10.6 Å². The Morgan fingerprint density at radius 3 is 3.00 bits per heavy atom. The Morgan fingerprint density at radius 2 is 2.30 bits per heavy atom. The van der Waals surface area contributed by atoms with E-state index in [9.17, 15) is 4.39 Å². The molecule has 7 heteroatoms. The predicted octanol–water partition coefficient (Wildman–Crippen LogP) is 3.03. The molecule has 0 fully saturated rings. The normalized spacial score (nSPS) is 10.3. The maximum atomic E-state index is 13.0. The first-order valence-corrected chi connectivity index (χ1v) is 6.88. The van der Waals surface area contributed by atoms with Crippen LogP contribution in [0.4, 0.5) is 10.1 Å². The van der Waals surface area contributed by atoms with Gasteiger partial charge in [0.15, 0.2) is 5.11 Å². The Labute approximate surface area is 126 Å². The first kappa shape index (κ1) is 14.7. The fourth-order valence-electron chi connectivity index (χ4n) is 1.67. The lowest BCUT2D eigenvalue weighted by Gasteiger charge is -2.06. The van der Waals surface area contributed by atoms with Crippen LogP contribution in [0.5, 0.6) is 0 Å². The minimum absolute atomic E-state index is 0.349. The molecule has 0 saturated heterocycles. The summed E-state index contributed by atoms with van der Waals surface area (Å²) < 4.78 is 14.7. The molecule has 1 heterocycles. The summed E-state index contributed by atoms with van der Waals surface area (Å²) in [5.74, 6) is -0.349. The van der Waals surface area contributed by atoms with Gasteiger partial charge in [0.05, 0.1) is 18.4 Å². The predicted molar refractivity (Wildman–Crippen MR) is 82.6 cm³/mol. The molecular weight excluding hydrogens is 299 g/mol. The molecule has 106 valence electrons. The van der Waals surface area contributed by atoms with Gasteiger partial charge in [-0.05, 0) is 36.8 Å². The topological polar surface area (TPSA) is 41.9 Å². The van der Waals surface area contributed by atoms with Crippen LogP contribution >= 0.6 is 23.8 Å². The second kappa shape index (κ2) is 6.67. The van der Waals surface area contributed by atoms with Gasteiger partial charge in [-0.2, -0.15) is 5.10 Å². The summed E-state index contributed by atoms with van der Waals surface area (Å²) in [5, 5.41) is 11.1. The smallest absolute Gasteiger partial charge is 0.170 e. The van der Waals surface area contributed by atoms with Crippen LogP contribution in [0.3, 0.4) is 0 Å². The largest absolute Gasteiger partial charge is 0.363 e. The molecular formula is C13H14ClFN4S. The zero-order valence-corrected chi connectivity index (χ0v) is 12.4. The zero-order chi connectivity index (χ0) is 14.5. The van der Waals surface area contributed by atoms with Gasteiger partial charge in [-0.25, -0.2) is 4.39 Å². The molecule has 0 amide bonds. The lowest BCUT2D eigenvalue weighted by molar-refractivity contribution is 0.624. The average molecular weight is 313 g/mol. The number of thiocarbonyl (C=S) groups is 1. The number of benzene rings is 1. The lowest BCUT2D eigenvalue weighted by Crippen LogP contribution is -2.27. The van der Waals surface area contributed by atoms with E-state index in [0.29, 0.717) is 16.7 Å². The Hall–Kier alpha value is -1.66. The van der Waals surface area contributed by atoms with Crippen LogP contribution in [0.2, 0.25) is 5.02 Å². The van der Waals surface area contributed by atoms with Crippen LogP contribution in [-0.4, -0.2) is 21.4 Å². The molecule has 0 spiro atoms. The lowest BCUT2D eigenvalue weighted by atomic mass is 10.2. The third-order valence-corrected chi connectivity index (χ3v) is 3.17. The first-order valence-electron chi connectivity index (χ1n) is 6.09. The van der Waals surface area contributed by atoms with E-state index in [2.05, 4.69) is 15.7 Å². The number of aromatic nitrogens is 2. The second-order valence-corrected chi connectivity index (χ2v) is 4.96. The Kier molecular flexibility index (Phi) is 4.92. The van der Waals surface area contributed by atoms with Crippen molar-refractivity contribution in [3.05, 3.63) is 47.0 Å². The summed E-state index contributed by atoms with van der Waals surface area (Å²) in [6.45, 7) is 3.19. The summed E-state index contributed by atoms with van der Waals surface area (Å²) in [7, 11) is 0. The first-order chi connectivity index (χ1) is 9.58. The molecule has 1 aromatic heterocycles. The Balaban J connectivity index is 2.04. The van der Waals surface area contributed by atoms with Crippen LogP contribution < -0.4 is 10.6 Å². The average Bonchev–Trinajstić information content (AvgIpc) is 2.80. The van der Waals surface area contributed by atoms with Gasteiger partial charge in [-0.1, -0.05) is 17.7 Å². The second-order valence-electron chi connectivity index (χ2n) is 4.15. The SMILES string of the molecule is CCNC(=S)Nc1cnn(Cc2ccc(F)cc2Cl)c1. The number of nitrogens with zero attached hydrogens (tertiary/aromatic N) is 2.